The van der Waals surface area contributed by atoms with Crippen LogP contribution >= 0.6 is 0 Å². The van der Waals surface area contributed by atoms with Crippen molar-refractivity contribution < 1.29 is 57.1 Å². The van der Waals surface area contributed by atoms with E-state index in [2.05, 4.69) is 13.8 Å². The lowest BCUT2D eigenvalue weighted by Crippen LogP contribution is -2.50. The number of aliphatic hydroxyl groups is 6. The fraction of sp³-hybridized carbons (Fsp3) is 1.00. The smallest absolute Gasteiger partial charge is 0.183 e. The summed E-state index contributed by atoms with van der Waals surface area (Å²) in [4.78, 5) is 0. The maximum atomic E-state index is 9.23. The molecule has 0 spiro atoms. The zero-order valence-corrected chi connectivity index (χ0v) is 33.9. The van der Waals surface area contributed by atoms with Gasteiger partial charge < -0.3 is 39.7 Å². The van der Waals surface area contributed by atoms with E-state index in [0.717, 1.165) is 25.7 Å². The SMILES string of the molecule is CCCCCCCCCCCCCCCC[N+](CO)(CO)CO.CCCCCCCCCCCCCCCC[N+](CO)(CO)CO.O=S(=O)([O-])[O-]. The molecule has 0 amide bonds. The lowest BCUT2D eigenvalue weighted by atomic mass is 10.0. The Labute approximate surface area is 314 Å². The molecular formula is C38H84N2O10S. The second-order valence-electron chi connectivity index (χ2n) is 14.6. The third-order valence-electron chi connectivity index (χ3n) is 9.77. The van der Waals surface area contributed by atoms with Crippen molar-refractivity contribution in [2.45, 2.75) is 194 Å². The van der Waals surface area contributed by atoms with E-state index in [9.17, 15) is 30.6 Å². The third kappa shape index (κ3) is 42.2. The first-order chi connectivity index (χ1) is 24.5. The van der Waals surface area contributed by atoms with Crippen LogP contribution in [0.3, 0.4) is 0 Å². The van der Waals surface area contributed by atoms with Crippen LogP contribution in [0.4, 0.5) is 0 Å². The average Bonchev–Trinajstić information content (AvgIpc) is 3.12. The van der Waals surface area contributed by atoms with Gasteiger partial charge in [0, 0.05) is 10.4 Å². The molecule has 0 atom stereocenters. The molecule has 0 saturated carbocycles. The summed E-state index contributed by atoms with van der Waals surface area (Å²) in [6.45, 7) is 4.70. The Kier molecular flexibility index (Phi) is 43.8. The fourth-order valence-corrected chi connectivity index (χ4v) is 5.98. The first-order valence-corrected chi connectivity index (χ1v) is 21.8. The predicted molar refractivity (Wildman–Crippen MR) is 204 cm³/mol. The Morgan fingerprint density at radius 1 is 0.333 bits per heavy atom. The summed E-state index contributed by atoms with van der Waals surface area (Å²) in [5.41, 5.74) is 0. The number of rotatable bonds is 36. The second-order valence-corrected chi connectivity index (χ2v) is 15.4. The molecule has 0 saturated heterocycles. The number of hydrogen-bond acceptors (Lipinski definition) is 10. The largest absolute Gasteiger partial charge is 0.759 e. The normalized spacial score (nSPS) is 12.0. The van der Waals surface area contributed by atoms with Crippen molar-refractivity contribution in [1.82, 2.24) is 0 Å². The van der Waals surface area contributed by atoms with E-state index in [0.29, 0.717) is 13.1 Å². The van der Waals surface area contributed by atoms with Gasteiger partial charge >= 0.3 is 0 Å². The Hall–Kier alpha value is -0.450. The fourth-order valence-electron chi connectivity index (χ4n) is 5.98. The summed E-state index contributed by atoms with van der Waals surface area (Å²) in [7, 11) is -5.17. The van der Waals surface area contributed by atoms with Crippen molar-refractivity contribution in [3.8, 4) is 0 Å². The summed E-state index contributed by atoms with van der Waals surface area (Å²) >= 11 is 0. The van der Waals surface area contributed by atoms with Crippen LogP contribution in [0.1, 0.15) is 194 Å². The quantitative estimate of drug-likeness (QED) is 0.0128. The van der Waals surface area contributed by atoms with Gasteiger partial charge in [0.05, 0.1) is 13.1 Å². The number of unbranched alkanes of at least 4 members (excludes halogenated alkanes) is 26. The predicted octanol–water partition coefficient (Wildman–Crippen LogP) is 6.93. The molecule has 0 rings (SSSR count). The van der Waals surface area contributed by atoms with Gasteiger partial charge in [0.25, 0.3) is 0 Å². The number of quaternary nitrogens is 2. The number of aliphatic hydroxyl groups excluding tert-OH is 6. The Balaban J connectivity index is -0.000000796. The minimum atomic E-state index is -5.17. The van der Waals surface area contributed by atoms with Crippen molar-refractivity contribution >= 4 is 10.4 Å². The van der Waals surface area contributed by atoms with Crippen molar-refractivity contribution in [2.24, 2.45) is 0 Å². The Morgan fingerprint density at radius 3 is 0.608 bits per heavy atom. The van der Waals surface area contributed by atoms with E-state index in [1.165, 1.54) is 154 Å². The molecule has 0 radical (unpaired) electrons. The Morgan fingerprint density at radius 2 is 0.471 bits per heavy atom. The standard InChI is InChI=1S/2C19H42NO3.H2O4S/c2*1-2-3-4-5-6-7-8-9-10-11-12-13-14-15-16-20(17-21,18-22)19-23;1-5(2,3)4/h2*21-23H,2-19H2,1H3;(H2,1,2,3,4)/q2*+1;/p-2. The van der Waals surface area contributed by atoms with E-state index >= 15 is 0 Å². The summed E-state index contributed by atoms with van der Waals surface area (Å²) in [5, 5.41) is 55.4. The van der Waals surface area contributed by atoms with Gasteiger partial charge in [0.2, 0.25) is 0 Å². The minimum absolute atomic E-state index is 0.00173. The number of nitrogens with zero attached hydrogens (tertiary/aromatic N) is 2. The summed E-state index contributed by atoms with van der Waals surface area (Å²) in [5.74, 6) is 0. The summed E-state index contributed by atoms with van der Waals surface area (Å²) in [6, 6.07) is 0. The molecule has 51 heavy (non-hydrogen) atoms. The van der Waals surface area contributed by atoms with Crippen molar-refractivity contribution in [2.75, 3.05) is 53.5 Å². The first-order valence-electron chi connectivity index (χ1n) is 20.5. The van der Waals surface area contributed by atoms with Crippen LogP contribution in [-0.4, -0.2) is 111 Å². The molecule has 6 N–H and O–H groups in total. The molecule has 0 heterocycles. The zero-order chi connectivity index (χ0) is 39.0. The zero-order valence-electron chi connectivity index (χ0n) is 33.1. The maximum absolute atomic E-state index is 9.23. The van der Waals surface area contributed by atoms with Gasteiger partial charge in [0.1, 0.15) is 0 Å². The lowest BCUT2D eigenvalue weighted by molar-refractivity contribution is -0.976. The molecule has 0 aliphatic heterocycles. The topological polar surface area (TPSA) is 202 Å². The average molecular weight is 761 g/mol. The van der Waals surface area contributed by atoms with E-state index < -0.39 is 10.4 Å². The van der Waals surface area contributed by atoms with E-state index in [1.54, 1.807) is 0 Å². The first kappa shape index (κ1) is 54.9. The molecule has 0 aromatic rings. The number of hydrogen-bond donors (Lipinski definition) is 6. The molecule has 13 heteroatoms. The molecule has 0 unspecified atom stereocenters. The van der Waals surface area contributed by atoms with Crippen molar-refractivity contribution in [3.05, 3.63) is 0 Å². The van der Waals surface area contributed by atoms with Crippen LogP contribution in [0.5, 0.6) is 0 Å². The van der Waals surface area contributed by atoms with Crippen molar-refractivity contribution in [3.63, 3.8) is 0 Å². The molecule has 12 nitrogen and oxygen atoms in total. The molecule has 0 aliphatic rings. The molecular weight excluding hydrogens is 676 g/mol. The van der Waals surface area contributed by atoms with Crippen LogP contribution in [-0.2, 0) is 10.4 Å². The molecule has 0 aromatic carbocycles. The summed E-state index contributed by atoms with van der Waals surface area (Å²) < 4.78 is 34.1. The molecule has 0 fully saturated rings. The van der Waals surface area contributed by atoms with Gasteiger partial charge in [-0.15, -0.1) is 0 Å². The maximum Gasteiger partial charge on any atom is 0.183 e. The summed E-state index contributed by atoms with van der Waals surface area (Å²) in [6.07, 6.45) is 36.9. The van der Waals surface area contributed by atoms with Gasteiger partial charge in [0.15, 0.2) is 40.4 Å². The highest BCUT2D eigenvalue weighted by molar-refractivity contribution is 7.79. The van der Waals surface area contributed by atoms with Gasteiger partial charge in [-0.05, 0) is 25.7 Å². The van der Waals surface area contributed by atoms with Crippen LogP contribution in [0.2, 0.25) is 0 Å². The monoisotopic (exact) mass is 761 g/mol. The van der Waals surface area contributed by atoms with Gasteiger partial charge in [-0.3, -0.25) is 17.4 Å². The van der Waals surface area contributed by atoms with Crippen LogP contribution in [0.15, 0.2) is 0 Å². The highest BCUT2D eigenvalue weighted by Gasteiger charge is 2.24. The van der Waals surface area contributed by atoms with Crippen LogP contribution in [0, 0.1) is 0 Å². The van der Waals surface area contributed by atoms with E-state index in [-0.39, 0.29) is 49.4 Å². The molecule has 0 aromatic heterocycles. The van der Waals surface area contributed by atoms with Gasteiger partial charge in [-0.2, -0.15) is 0 Å². The Bertz CT molecular complexity index is 697. The van der Waals surface area contributed by atoms with Gasteiger partial charge in [-0.1, -0.05) is 168 Å². The molecule has 0 bridgehead atoms. The third-order valence-corrected chi connectivity index (χ3v) is 9.77. The van der Waals surface area contributed by atoms with E-state index in [4.69, 9.17) is 17.5 Å². The minimum Gasteiger partial charge on any atom is -0.759 e. The van der Waals surface area contributed by atoms with Crippen LogP contribution < -0.4 is 0 Å². The highest BCUT2D eigenvalue weighted by Crippen LogP contribution is 2.15. The lowest BCUT2D eigenvalue weighted by Gasteiger charge is -2.31. The highest BCUT2D eigenvalue weighted by atomic mass is 32.3. The molecule has 312 valence electrons. The van der Waals surface area contributed by atoms with Crippen LogP contribution in [0.25, 0.3) is 0 Å². The second kappa shape index (κ2) is 40.7. The van der Waals surface area contributed by atoms with Crippen molar-refractivity contribution in [1.29, 1.82) is 0 Å². The van der Waals surface area contributed by atoms with E-state index in [1.807, 2.05) is 0 Å². The molecule has 0 aliphatic carbocycles. The van der Waals surface area contributed by atoms with Gasteiger partial charge in [-0.25, -0.2) is 0 Å².